The molecule has 0 unspecified atom stereocenters. The van der Waals surface area contributed by atoms with E-state index in [9.17, 15) is 13.2 Å². The molecule has 1 aromatic heterocycles. The predicted molar refractivity (Wildman–Crippen MR) is 98.2 cm³/mol. The summed E-state index contributed by atoms with van der Waals surface area (Å²) in [6.07, 6.45) is 1.60. The maximum Gasteiger partial charge on any atom is 0.257 e. The van der Waals surface area contributed by atoms with Gasteiger partial charge in [-0.2, -0.15) is 0 Å². The summed E-state index contributed by atoms with van der Waals surface area (Å²) in [6, 6.07) is 8.07. The molecule has 1 amide bonds. The molecule has 0 bridgehead atoms. The average Bonchev–Trinajstić information content (AvgIpc) is 2.44. The molecular formula is C18H23N3O3S. The van der Waals surface area contributed by atoms with Gasteiger partial charge in [0.1, 0.15) is 5.82 Å². The van der Waals surface area contributed by atoms with Crippen molar-refractivity contribution in [2.75, 3.05) is 5.32 Å². The summed E-state index contributed by atoms with van der Waals surface area (Å²) in [4.78, 5) is 16.7. The lowest BCUT2D eigenvalue weighted by atomic mass is 10.1. The van der Waals surface area contributed by atoms with Gasteiger partial charge in [0.2, 0.25) is 10.0 Å². The normalized spacial score (nSPS) is 12.0. The van der Waals surface area contributed by atoms with Gasteiger partial charge >= 0.3 is 0 Å². The van der Waals surface area contributed by atoms with Crippen molar-refractivity contribution < 1.29 is 13.2 Å². The topological polar surface area (TPSA) is 88.2 Å². The number of carbonyl (C=O) groups excluding carboxylic acids is 1. The van der Waals surface area contributed by atoms with E-state index in [1.807, 2.05) is 13.0 Å². The minimum Gasteiger partial charge on any atom is -0.307 e. The van der Waals surface area contributed by atoms with Crippen LogP contribution in [-0.2, 0) is 10.0 Å². The zero-order valence-electron chi connectivity index (χ0n) is 15.0. The van der Waals surface area contributed by atoms with E-state index >= 15 is 0 Å². The van der Waals surface area contributed by atoms with Crippen molar-refractivity contribution in [2.24, 2.45) is 0 Å². The van der Waals surface area contributed by atoms with Crippen LogP contribution in [0.25, 0.3) is 0 Å². The maximum absolute atomic E-state index is 12.5. The van der Waals surface area contributed by atoms with Gasteiger partial charge in [-0.15, -0.1) is 0 Å². The van der Waals surface area contributed by atoms with E-state index in [0.717, 1.165) is 5.56 Å². The molecule has 134 valence electrons. The third-order valence-corrected chi connectivity index (χ3v) is 5.12. The second-order valence-electron chi connectivity index (χ2n) is 7.00. The molecule has 0 spiro atoms. The predicted octanol–water partition coefficient (Wildman–Crippen LogP) is 3.03. The number of amides is 1. The second kappa shape index (κ2) is 6.93. The molecule has 6 nitrogen and oxygen atoms in total. The number of nitrogens with one attached hydrogen (secondary N) is 2. The number of aryl methyl sites for hydroxylation is 2. The van der Waals surface area contributed by atoms with Gasteiger partial charge in [0.25, 0.3) is 5.91 Å². The van der Waals surface area contributed by atoms with E-state index in [2.05, 4.69) is 15.0 Å². The lowest BCUT2D eigenvalue weighted by Crippen LogP contribution is -2.40. The summed E-state index contributed by atoms with van der Waals surface area (Å²) < 4.78 is 27.5. The van der Waals surface area contributed by atoms with Crippen molar-refractivity contribution in [1.29, 1.82) is 0 Å². The average molecular weight is 361 g/mol. The Balaban J connectivity index is 2.34. The number of nitrogens with zero attached hydrogens (tertiary/aromatic N) is 1. The standard InChI is InChI=1S/C18H23N3O3S/c1-12-8-9-19-16(10-12)20-17(22)15-11-14(7-6-13(15)2)25(23,24)21-18(3,4)5/h6-11,21H,1-5H3,(H,19,20,22). The number of anilines is 1. The number of hydrogen-bond acceptors (Lipinski definition) is 4. The minimum absolute atomic E-state index is 0.0513. The van der Waals surface area contributed by atoms with Crippen LogP contribution in [0.15, 0.2) is 41.4 Å². The van der Waals surface area contributed by atoms with E-state index in [1.165, 1.54) is 12.1 Å². The molecule has 1 aromatic carbocycles. The fraction of sp³-hybridized carbons (Fsp3) is 0.333. The van der Waals surface area contributed by atoms with Crippen molar-refractivity contribution in [3.05, 3.63) is 53.2 Å². The van der Waals surface area contributed by atoms with Crippen LogP contribution in [0, 0.1) is 13.8 Å². The summed E-state index contributed by atoms with van der Waals surface area (Å²) in [7, 11) is -3.72. The zero-order chi connectivity index (χ0) is 18.8. The van der Waals surface area contributed by atoms with Crippen molar-refractivity contribution in [2.45, 2.75) is 45.1 Å². The highest BCUT2D eigenvalue weighted by atomic mass is 32.2. The highest BCUT2D eigenvalue weighted by molar-refractivity contribution is 7.89. The summed E-state index contributed by atoms with van der Waals surface area (Å²) in [5.74, 6) is 0.0221. The van der Waals surface area contributed by atoms with E-state index in [4.69, 9.17) is 0 Å². The highest BCUT2D eigenvalue weighted by Crippen LogP contribution is 2.19. The lowest BCUT2D eigenvalue weighted by Gasteiger charge is -2.20. The molecule has 2 rings (SSSR count). The molecule has 0 fully saturated rings. The highest BCUT2D eigenvalue weighted by Gasteiger charge is 2.23. The van der Waals surface area contributed by atoms with Crippen LogP contribution in [0.4, 0.5) is 5.82 Å². The Morgan fingerprint density at radius 3 is 2.36 bits per heavy atom. The van der Waals surface area contributed by atoms with Crippen molar-refractivity contribution >= 4 is 21.7 Å². The summed E-state index contributed by atoms with van der Waals surface area (Å²) in [6.45, 7) is 8.93. The molecule has 0 aliphatic heterocycles. The number of sulfonamides is 1. The number of aromatic nitrogens is 1. The molecule has 0 aliphatic carbocycles. The molecule has 2 N–H and O–H groups in total. The SMILES string of the molecule is Cc1ccnc(NC(=O)c2cc(S(=O)(=O)NC(C)(C)C)ccc2C)c1. The smallest absolute Gasteiger partial charge is 0.257 e. The number of carbonyl (C=O) groups is 1. The summed E-state index contributed by atoms with van der Waals surface area (Å²) in [5.41, 5.74) is 1.32. The Labute approximate surface area is 148 Å². The zero-order valence-corrected chi connectivity index (χ0v) is 15.9. The van der Waals surface area contributed by atoms with Crippen molar-refractivity contribution in [1.82, 2.24) is 9.71 Å². The van der Waals surface area contributed by atoms with Gasteiger partial charge in [0.05, 0.1) is 4.90 Å². The molecule has 25 heavy (non-hydrogen) atoms. The molecule has 0 aliphatic rings. The summed E-state index contributed by atoms with van der Waals surface area (Å²) >= 11 is 0. The molecule has 0 saturated carbocycles. The van der Waals surface area contributed by atoms with Gasteiger partial charge in [-0.05, 0) is 70.0 Å². The van der Waals surface area contributed by atoms with Crippen LogP contribution < -0.4 is 10.0 Å². The Kier molecular flexibility index (Phi) is 5.29. The Morgan fingerprint density at radius 1 is 1.08 bits per heavy atom. The third kappa shape index (κ3) is 5.11. The molecule has 2 aromatic rings. The first-order valence-electron chi connectivity index (χ1n) is 7.86. The quantitative estimate of drug-likeness (QED) is 0.876. The molecular weight excluding hydrogens is 338 g/mol. The van der Waals surface area contributed by atoms with E-state index in [-0.39, 0.29) is 4.90 Å². The van der Waals surface area contributed by atoms with Gasteiger partial charge < -0.3 is 5.32 Å². The monoisotopic (exact) mass is 361 g/mol. The number of pyridine rings is 1. The van der Waals surface area contributed by atoms with Crippen LogP contribution >= 0.6 is 0 Å². The molecule has 0 atom stereocenters. The fourth-order valence-electron chi connectivity index (χ4n) is 2.26. The molecule has 0 radical (unpaired) electrons. The van der Waals surface area contributed by atoms with Gasteiger partial charge in [-0.3, -0.25) is 4.79 Å². The van der Waals surface area contributed by atoms with Gasteiger partial charge in [0, 0.05) is 17.3 Å². The summed E-state index contributed by atoms with van der Waals surface area (Å²) in [5, 5.41) is 2.70. The Bertz CT molecular complexity index is 900. The molecule has 0 saturated heterocycles. The van der Waals surface area contributed by atoms with E-state index in [1.54, 1.807) is 46.0 Å². The number of benzene rings is 1. The van der Waals surface area contributed by atoms with Gasteiger partial charge in [-0.1, -0.05) is 6.07 Å². The fourth-order valence-corrected chi connectivity index (χ4v) is 3.71. The first-order chi connectivity index (χ1) is 11.5. The van der Waals surface area contributed by atoms with Crippen LogP contribution in [0.3, 0.4) is 0 Å². The largest absolute Gasteiger partial charge is 0.307 e. The Hall–Kier alpha value is -2.25. The van der Waals surface area contributed by atoms with E-state index in [0.29, 0.717) is 16.9 Å². The molecule has 1 heterocycles. The maximum atomic E-state index is 12.5. The third-order valence-electron chi connectivity index (χ3n) is 3.36. The number of hydrogen-bond donors (Lipinski definition) is 2. The van der Waals surface area contributed by atoms with Gasteiger partial charge in [-0.25, -0.2) is 18.1 Å². The second-order valence-corrected chi connectivity index (χ2v) is 8.69. The number of rotatable bonds is 4. The van der Waals surface area contributed by atoms with Crippen LogP contribution in [0.1, 0.15) is 42.3 Å². The Morgan fingerprint density at radius 2 is 1.76 bits per heavy atom. The van der Waals surface area contributed by atoms with Crippen LogP contribution in [0.5, 0.6) is 0 Å². The van der Waals surface area contributed by atoms with Gasteiger partial charge in [0.15, 0.2) is 0 Å². The minimum atomic E-state index is -3.72. The molecule has 7 heteroatoms. The van der Waals surface area contributed by atoms with E-state index < -0.39 is 21.5 Å². The van der Waals surface area contributed by atoms with Crippen LogP contribution in [-0.4, -0.2) is 24.8 Å². The van der Waals surface area contributed by atoms with Crippen LogP contribution in [0.2, 0.25) is 0 Å². The lowest BCUT2D eigenvalue weighted by molar-refractivity contribution is 0.102. The first kappa shape index (κ1) is 19.1. The van der Waals surface area contributed by atoms with Crippen molar-refractivity contribution in [3.63, 3.8) is 0 Å². The van der Waals surface area contributed by atoms with Crippen molar-refractivity contribution in [3.8, 4) is 0 Å². The first-order valence-corrected chi connectivity index (χ1v) is 9.35.